The SMILES string of the molecule is C=CCC[C@H](OS(C)(=O)=O)[C@@H](CCCCCCCCCCCC)O[Si](C)(C)C(C)(C)C. The summed E-state index contributed by atoms with van der Waals surface area (Å²) < 4.78 is 36.1. The molecule has 0 fully saturated rings. The van der Waals surface area contributed by atoms with E-state index >= 15 is 0 Å². The molecule has 0 aromatic carbocycles. The lowest BCUT2D eigenvalue weighted by Gasteiger charge is -2.41. The summed E-state index contributed by atoms with van der Waals surface area (Å²) in [5.41, 5.74) is 0. The second-order valence-electron chi connectivity index (χ2n) is 10.6. The second kappa shape index (κ2) is 15.6. The highest BCUT2D eigenvalue weighted by molar-refractivity contribution is 7.86. The lowest BCUT2D eigenvalue weighted by Crippen LogP contribution is -2.48. The monoisotopic (exact) mass is 476 g/mol. The minimum Gasteiger partial charge on any atom is -0.411 e. The molecule has 0 heterocycles. The Kier molecular flexibility index (Phi) is 15.5. The number of rotatable bonds is 19. The van der Waals surface area contributed by atoms with Crippen LogP contribution in [0.25, 0.3) is 0 Å². The van der Waals surface area contributed by atoms with E-state index in [-0.39, 0.29) is 11.1 Å². The predicted molar refractivity (Wildman–Crippen MR) is 138 cm³/mol. The van der Waals surface area contributed by atoms with Crippen LogP contribution in [-0.4, -0.2) is 35.2 Å². The van der Waals surface area contributed by atoms with Crippen LogP contribution in [0.15, 0.2) is 12.7 Å². The maximum Gasteiger partial charge on any atom is 0.264 e. The van der Waals surface area contributed by atoms with Gasteiger partial charge in [-0.1, -0.05) is 98.0 Å². The molecule has 0 amide bonds. The quantitative estimate of drug-likeness (QED) is 0.0820. The molecule has 0 aliphatic carbocycles. The minimum atomic E-state index is -3.54. The van der Waals surface area contributed by atoms with Gasteiger partial charge in [-0.25, -0.2) is 0 Å². The average Bonchev–Trinajstić information content (AvgIpc) is 2.63. The molecule has 6 heteroatoms. The summed E-state index contributed by atoms with van der Waals surface area (Å²) in [5.74, 6) is 0. The lowest BCUT2D eigenvalue weighted by molar-refractivity contribution is 0.0374. The van der Waals surface area contributed by atoms with E-state index in [1.807, 2.05) is 6.08 Å². The fraction of sp³-hybridized carbons (Fsp3) is 0.920. The molecule has 0 unspecified atom stereocenters. The lowest BCUT2D eigenvalue weighted by atomic mass is 10.0. The van der Waals surface area contributed by atoms with Crippen molar-refractivity contribution in [1.82, 2.24) is 0 Å². The topological polar surface area (TPSA) is 52.6 Å². The van der Waals surface area contributed by atoms with Gasteiger partial charge in [0.1, 0.15) is 6.10 Å². The Balaban J connectivity index is 4.85. The van der Waals surface area contributed by atoms with Crippen molar-refractivity contribution in [3.63, 3.8) is 0 Å². The van der Waals surface area contributed by atoms with E-state index in [0.29, 0.717) is 6.42 Å². The number of hydrogen-bond donors (Lipinski definition) is 0. The van der Waals surface area contributed by atoms with Gasteiger partial charge < -0.3 is 4.43 Å². The van der Waals surface area contributed by atoms with Crippen LogP contribution in [0.1, 0.15) is 111 Å². The van der Waals surface area contributed by atoms with Crippen molar-refractivity contribution in [2.24, 2.45) is 0 Å². The van der Waals surface area contributed by atoms with Crippen LogP contribution in [0.3, 0.4) is 0 Å². The van der Waals surface area contributed by atoms with Gasteiger partial charge in [0.15, 0.2) is 8.32 Å². The second-order valence-corrected chi connectivity index (χ2v) is 16.9. The van der Waals surface area contributed by atoms with E-state index in [0.717, 1.165) is 25.5 Å². The molecule has 0 bridgehead atoms. The molecule has 0 aromatic heterocycles. The smallest absolute Gasteiger partial charge is 0.264 e. The van der Waals surface area contributed by atoms with Crippen molar-refractivity contribution in [2.75, 3.05) is 6.26 Å². The molecule has 0 rings (SSSR count). The van der Waals surface area contributed by atoms with Crippen molar-refractivity contribution in [1.29, 1.82) is 0 Å². The maximum absolute atomic E-state index is 11.9. The maximum atomic E-state index is 11.9. The van der Waals surface area contributed by atoms with Crippen molar-refractivity contribution in [3.8, 4) is 0 Å². The summed E-state index contributed by atoms with van der Waals surface area (Å²) in [6.07, 6.45) is 17.3. The van der Waals surface area contributed by atoms with E-state index in [1.165, 1.54) is 57.8 Å². The normalized spacial score (nSPS) is 15.1. The Hall–Kier alpha value is -0.173. The molecule has 31 heavy (non-hydrogen) atoms. The van der Waals surface area contributed by atoms with Crippen molar-refractivity contribution >= 4 is 18.4 Å². The summed E-state index contributed by atoms with van der Waals surface area (Å²) in [6, 6.07) is 0. The van der Waals surface area contributed by atoms with Gasteiger partial charge in [-0.15, -0.1) is 6.58 Å². The first-order valence-electron chi connectivity index (χ1n) is 12.5. The third-order valence-corrected chi connectivity index (χ3v) is 11.6. The average molecular weight is 477 g/mol. The molecule has 0 aliphatic heterocycles. The largest absolute Gasteiger partial charge is 0.411 e. The summed E-state index contributed by atoms with van der Waals surface area (Å²) in [6.45, 7) is 17.1. The molecular weight excluding hydrogens is 424 g/mol. The van der Waals surface area contributed by atoms with Crippen LogP contribution in [0, 0.1) is 0 Å². The number of unbranched alkanes of at least 4 members (excludes halogenated alkanes) is 9. The highest BCUT2D eigenvalue weighted by Crippen LogP contribution is 2.39. The molecule has 0 radical (unpaired) electrons. The van der Waals surface area contributed by atoms with Gasteiger partial charge >= 0.3 is 0 Å². The molecule has 0 saturated heterocycles. The van der Waals surface area contributed by atoms with Crippen LogP contribution in [-0.2, 0) is 18.7 Å². The van der Waals surface area contributed by atoms with Gasteiger partial charge in [0.05, 0.1) is 12.4 Å². The first-order chi connectivity index (χ1) is 14.3. The summed E-state index contributed by atoms with van der Waals surface area (Å²) in [4.78, 5) is 0. The third kappa shape index (κ3) is 15.3. The number of hydrogen-bond acceptors (Lipinski definition) is 4. The molecule has 2 atom stereocenters. The Bertz CT molecular complexity index is 567. The molecule has 0 saturated carbocycles. The van der Waals surface area contributed by atoms with Crippen LogP contribution < -0.4 is 0 Å². The Labute approximate surface area is 195 Å². The molecular formula is C25H52O4SSi. The fourth-order valence-corrected chi connectivity index (χ4v) is 5.56. The van der Waals surface area contributed by atoms with E-state index in [1.54, 1.807) is 0 Å². The van der Waals surface area contributed by atoms with Gasteiger partial charge in [-0.2, -0.15) is 8.42 Å². The standard InChI is InChI=1S/C25H52O4SSi/c1-9-11-13-14-15-16-17-18-19-20-22-24(29-31(7,8)25(3,4)5)23(21-12-10-2)28-30(6,26)27/h10,23-24H,2,9,11-22H2,1,3-8H3/t23-,24+/m0/s1. The molecule has 186 valence electrons. The first-order valence-corrected chi connectivity index (χ1v) is 17.2. The predicted octanol–water partition coefficient (Wildman–Crippen LogP) is 8.00. The molecule has 0 aliphatic rings. The highest BCUT2D eigenvalue weighted by Gasteiger charge is 2.41. The first kappa shape index (κ1) is 30.8. The van der Waals surface area contributed by atoms with E-state index in [9.17, 15) is 8.42 Å². The molecule has 0 N–H and O–H groups in total. The molecule has 0 spiro atoms. The summed E-state index contributed by atoms with van der Waals surface area (Å²) >= 11 is 0. The van der Waals surface area contributed by atoms with E-state index in [2.05, 4.69) is 47.4 Å². The van der Waals surface area contributed by atoms with Gasteiger partial charge in [-0.3, -0.25) is 4.18 Å². The Morgan fingerprint density at radius 2 is 1.35 bits per heavy atom. The van der Waals surface area contributed by atoms with Gasteiger partial charge in [0.2, 0.25) is 0 Å². The van der Waals surface area contributed by atoms with E-state index in [4.69, 9.17) is 8.61 Å². The van der Waals surface area contributed by atoms with Crippen molar-refractivity contribution in [2.45, 2.75) is 142 Å². The Morgan fingerprint density at radius 1 is 0.871 bits per heavy atom. The third-order valence-electron chi connectivity index (χ3n) is 6.46. The van der Waals surface area contributed by atoms with Crippen LogP contribution in [0.5, 0.6) is 0 Å². The fourth-order valence-electron chi connectivity index (χ4n) is 3.51. The van der Waals surface area contributed by atoms with Crippen molar-refractivity contribution in [3.05, 3.63) is 12.7 Å². The van der Waals surface area contributed by atoms with E-state index < -0.39 is 24.5 Å². The summed E-state index contributed by atoms with van der Waals surface area (Å²) in [7, 11) is -5.58. The van der Waals surface area contributed by atoms with Crippen LogP contribution in [0.4, 0.5) is 0 Å². The highest BCUT2D eigenvalue weighted by atomic mass is 32.2. The zero-order valence-electron chi connectivity index (χ0n) is 21.7. The van der Waals surface area contributed by atoms with Crippen molar-refractivity contribution < 1.29 is 17.0 Å². The Morgan fingerprint density at radius 3 is 1.77 bits per heavy atom. The molecule has 4 nitrogen and oxygen atoms in total. The minimum absolute atomic E-state index is 0.0666. The van der Waals surface area contributed by atoms with Gasteiger partial charge in [0, 0.05) is 0 Å². The number of allylic oxidation sites excluding steroid dienone is 1. The molecule has 0 aromatic rings. The van der Waals surface area contributed by atoms with Crippen LogP contribution >= 0.6 is 0 Å². The van der Waals surface area contributed by atoms with Gasteiger partial charge in [0.25, 0.3) is 10.1 Å². The zero-order valence-corrected chi connectivity index (χ0v) is 23.5. The van der Waals surface area contributed by atoms with Crippen LogP contribution in [0.2, 0.25) is 18.1 Å². The zero-order chi connectivity index (χ0) is 24.0. The summed E-state index contributed by atoms with van der Waals surface area (Å²) in [5, 5.41) is 0.0666. The van der Waals surface area contributed by atoms with Gasteiger partial charge in [-0.05, 0) is 37.4 Å².